The lowest BCUT2D eigenvalue weighted by molar-refractivity contribution is -0.132. The van der Waals surface area contributed by atoms with Crippen LogP contribution in [0.1, 0.15) is 32.6 Å². The number of anilines is 1. The van der Waals surface area contributed by atoms with Crippen molar-refractivity contribution in [2.45, 2.75) is 26.8 Å². The fourth-order valence-electron chi connectivity index (χ4n) is 4.26. The van der Waals surface area contributed by atoms with Gasteiger partial charge in [-0.2, -0.15) is 0 Å². The van der Waals surface area contributed by atoms with E-state index in [4.69, 9.17) is 0 Å². The molecule has 1 fully saturated rings. The Morgan fingerprint density at radius 2 is 1.47 bits per heavy atom. The molecule has 5 nitrogen and oxygen atoms in total. The van der Waals surface area contributed by atoms with Crippen molar-refractivity contribution in [3.63, 3.8) is 0 Å². The minimum Gasteiger partial charge on any atom is -0.340 e. The smallest absolute Gasteiger partial charge is 0.258 e. The average Bonchev–Trinajstić information content (AvgIpc) is 2.84. The van der Waals surface area contributed by atoms with E-state index in [1.54, 1.807) is 0 Å². The molecule has 176 valence electrons. The van der Waals surface area contributed by atoms with Gasteiger partial charge in [0.25, 0.3) is 5.91 Å². The van der Waals surface area contributed by atoms with Gasteiger partial charge in [-0.15, -0.1) is 0 Å². The molecule has 5 heteroatoms. The molecule has 2 amide bonds. The maximum atomic E-state index is 13.5. The van der Waals surface area contributed by atoms with Gasteiger partial charge in [-0.1, -0.05) is 59.7 Å². The highest BCUT2D eigenvalue weighted by atomic mass is 16.2. The predicted molar refractivity (Wildman–Crippen MR) is 137 cm³/mol. The van der Waals surface area contributed by atoms with E-state index in [0.29, 0.717) is 18.5 Å². The minimum atomic E-state index is -0.0391. The number of hydrogen-bond donors (Lipinski definition) is 0. The van der Waals surface area contributed by atoms with Gasteiger partial charge < -0.3 is 14.7 Å². The molecule has 0 aromatic heterocycles. The normalized spacial score (nSPS) is 14.1. The van der Waals surface area contributed by atoms with Crippen LogP contribution in [0.5, 0.6) is 0 Å². The van der Waals surface area contributed by atoms with Crippen LogP contribution >= 0.6 is 0 Å². The maximum absolute atomic E-state index is 13.5. The van der Waals surface area contributed by atoms with Gasteiger partial charge >= 0.3 is 0 Å². The molecule has 4 rings (SSSR count). The number of piperazine rings is 1. The summed E-state index contributed by atoms with van der Waals surface area (Å²) < 4.78 is 0. The number of hydrogen-bond acceptors (Lipinski definition) is 3. The number of nitrogens with zero attached hydrogens (tertiary/aromatic N) is 3. The molecule has 3 aromatic carbocycles. The fourth-order valence-corrected chi connectivity index (χ4v) is 4.26. The molecule has 3 aromatic rings. The van der Waals surface area contributed by atoms with E-state index in [2.05, 4.69) is 31.0 Å². The molecule has 0 spiro atoms. The van der Waals surface area contributed by atoms with Gasteiger partial charge in [0, 0.05) is 37.4 Å². The van der Waals surface area contributed by atoms with Crippen LogP contribution < -0.4 is 4.90 Å². The Morgan fingerprint density at radius 3 is 2.12 bits per heavy atom. The summed E-state index contributed by atoms with van der Waals surface area (Å²) in [6, 6.07) is 23.8. The molecule has 1 heterocycles. The number of amides is 2. The topological polar surface area (TPSA) is 43.9 Å². The number of aryl methyl sites for hydroxylation is 2. The van der Waals surface area contributed by atoms with E-state index in [1.165, 1.54) is 0 Å². The number of rotatable bonds is 6. The van der Waals surface area contributed by atoms with E-state index >= 15 is 0 Å². The maximum Gasteiger partial charge on any atom is 0.258 e. The van der Waals surface area contributed by atoms with Crippen LogP contribution in [0.3, 0.4) is 0 Å². The van der Waals surface area contributed by atoms with Crippen molar-refractivity contribution in [3.8, 4) is 0 Å². The van der Waals surface area contributed by atoms with Crippen LogP contribution in [-0.2, 0) is 17.8 Å². The second-order valence-electron chi connectivity index (χ2n) is 9.27. The van der Waals surface area contributed by atoms with E-state index in [-0.39, 0.29) is 11.8 Å². The van der Waals surface area contributed by atoms with Crippen molar-refractivity contribution >= 4 is 17.5 Å². The van der Waals surface area contributed by atoms with Crippen molar-refractivity contribution in [1.29, 1.82) is 0 Å². The summed E-state index contributed by atoms with van der Waals surface area (Å²) in [5, 5.41) is 0. The zero-order valence-corrected chi connectivity index (χ0v) is 20.3. The molecule has 34 heavy (non-hydrogen) atoms. The van der Waals surface area contributed by atoms with Crippen LogP contribution in [0.25, 0.3) is 0 Å². The van der Waals surface area contributed by atoms with Crippen LogP contribution in [0.15, 0.2) is 72.8 Å². The number of carbonyl (C=O) groups excluding carboxylic acids is 2. The lowest BCUT2D eigenvalue weighted by Crippen LogP contribution is -2.47. The molecule has 0 radical (unpaired) electrons. The van der Waals surface area contributed by atoms with Crippen molar-refractivity contribution in [3.05, 3.63) is 101 Å². The summed E-state index contributed by atoms with van der Waals surface area (Å²) in [6.45, 7) is 7.95. The molecule has 0 bridgehead atoms. The molecule has 0 N–H and O–H groups in total. The Kier molecular flexibility index (Phi) is 7.43. The standard InChI is InChI=1S/C29H33N3O2/c1-22-7-11-26(12-8-22)29(34)32(21-25-6-4-5-23(2)19-25)27-13-9-24(10-14-27)20-28(33)31-17-15-30(3)16-18-31/h4-14,19H,15-18,20-21H2,1-3H3. The van der Waals surface area contributed by atoms with Gasteiger partial charge in [-0.3, -0.25) is 9.59 Å². The van der Waals surface area contributed by atoms with Gasteiger partial charge in [0.2, 0.25) is 5.91 Å². The number of benzene rings is 3. The molecule has 1 aliphatic rings. The van der Waals surface area contributed by atoms with E-state index < -0.39 is 0 Å². The second-order valence-corrected chi connectivity index (χ2v) is 9.27. The highest BCUT2D eigenvalue weighted by molar-refractivity contribution is 6.06. The molecule has 0 aliphatic carbocycles. The van der Waals surface area contributed by atoms with Crippen molar-refractivity contribution < 1.29 is 9.59 Å². The van der Waals surface area contributed by atoms with Gasteiger partial charge in [-0.25, -0.2) is 0 Å². The first-order valence-corrected chi connectivity index (χ1v) is 11.9. The van der Waals surface area contributed by atoms with E-state index in [0.717, 1.165) is 54.1 Å². The van der Waals surface area contributed by atoms with Crippen molar-refractivity contribution in [2.24, 2.45) is 0 Å². The van der Waals surface area contributed by atoms with Crippen LogP contribution in [-0.4, -0.2) is 54.8 Å². The molecule has 0 saturated carbocycles. The average molecular weight is 456 g/mol. The van der Waals surface area contributed by atoms with Gasteiger partial charge in [0.15, 0.2) is 0 Å². The Labute approximate surface area is 202 Å². The molecule has 1 aliphatic heterocycles. The number of carbonyl (C=O) groups is 2. The Bertz CT molecular complexity index is 1130. The third kappa shape index (κ3) is 5.91. The summed E-state index contributed by atoms with van der Waals surface area (Å²) in [7, 11) is 2.08. The summed E-state index contributed by atoms with van der Waals surface area (Å²) in [5.41, 5.74) is 5.81. The monoisotopic (exact) mass is 455 g/mol. The highest BCUT2D eigenvalue weighted by Crippen LogP contribution is 2.22. The van der Waals surface area contributed by atoms with E-state index in [9.17, 15) is 9.59 Å². The van der Waals surface area contributed by atoms with Crippen LogP contribution in [0.4, 0.5) is 5.69 Å². The first-order chi connectivity index (χ1) is 16.4. The largest absolute Gasteiger partial charge is 0.340 e. The molecule has 0 atom stereocenters. The Hall–Kier alpha value is -3.44. The Morgan fingerprint density at radius 1 is 0.794 bits per heavy atom. The third-order valence-corrected chi connectivity index (χ3v) is 6.43. The zero-order chi connectivity index (χ0) is 24.1. The highest BCUT2D eigenvalue weighted by Gasteiger charge is 2.21. The summed E-state index contributed by atoms with van der Waals surface area (Å²) >= 11 is 0. The lowest BCUT2D eigenvalue weighted by atomic mass is 10.1. The quantitative estimate of drug-likeness (QED) is 0.551. The predicted octanol–water partition coefficient (Wildman–Crippen LogP) is 4.47. The molecule has 0 unspecified atom stereocenters. The summed E-state index contributed by atoms with van der Waals surface area (Å²) in [6.07, 6.45) is 0.383. The summed E-state index contributed by atoms with van der Waals surface area (Å²) in [5.74, 6) is 0.121. The van der Waals surface area contributed by atoms with Crippen LogP contribution in [0, 0.1) is 13.8 Å². The second kappa shape index (κ2) is 10.7. The van der Waals surface area contributed by atoms with E-state index in [1.807, 2.05) is 77.4 Å². The minimum absolute atomic E-state index is 0.0391. The zero-order valence-electron chi connectivity index (χ0n) is 20.3. The van der Waals surface area contributed by atoms with Gasteiger partial charge in [0.1, 0.15) is 0 Å². The molecular weight excluding hydrogens is 422 g/mol. The van der Waals surface area contributed by atoms with Gasteiger partial charge in [-0.05, 0) is 56.3 Å². The fraction of sp³-hybridized carbons (Fsp3) is 0.310. The van der Waals surface area contributed by atoms with Gasteiger partial charge in [0.05, 0.1) is 13.0 Å². The molecule has 1 saturated heterocycles. The van der Waals surface area contributed by atoms with Crippen molar-refractivity contribution in [1.82, 2.24) is 9.80 Å². The SMILES string of the molecule is Cc1ccc(C(=O)N(Cc2cccc(C)c2)c2ccc(CC(=O)N3CCN(C)CC3)cc2)cc1. The summed E-state index contributed by atoms with van der Waals surface area (Å²) in [4.78, 5) is 32.2. The first kappa shape index (κ1) is 23.7. The van der Waals surface area contributed by atoms with Crippen molar-refractivity contribution in [2.75, 3.05) is 38.1 Å². The Balaban J connectivity index is 1.53. The van der Waals surface area contributed by atoms with Crippen LogP contribution in [0.2, 0.25) is 0 Å². The lowest BCUT2D eigenvalue weighted by Gasteiger charge is -2.32. The number of likely N-dealkylation sites (N-methyl/N-ethyl adjacent to an activating group) is 1. The first-order valence-electron chi connectivity index (χ1n) is 11.9. The third-order valence-electron chi connectivity index (χ3n) is 6.43. The molecular formula is C29H33N3O2.